The van der Waals surface area contributed by atoms with E-state index in [0.717, 1.165) is 21.8 Å². The second-order valence-electron chi connectivity index (χ2n) is 7.19. The van der Waals surface area contributed by atoms with Crippen LogP contribution in [0.15, 0.2) is 66.0 Å². The summed E-state index contributed by atoms with van der Waals surface area (Å²) in [5.41, 5.74) is 3.63. The van der Waals surface area contributed by atoms with Gasteiger partial charge in [0.25, 0.3) is 0 Å². The third-order valence-corrected chi connectivity index (χ3v) is 5.60. The van der Waals surface area contributed by atoms with Gasteiger partial charge in [0, 0.05) is 23.2 Å². The van der Waals surface area contributed by atoms with Gasteiger partial charge in [-0.15, -0.1) is 16.4 Å². The summed E-state index contributed by atoms with van der Waals surface area (Å²) in [7, 11) is 1.62. The second kappa shape index (κ2) is 10.2. The molecule has 0 atom stereocenters. The van der Waals surface area contributed by atoms with Crippen molar-refractivity contribution in [2.75, 3.05) is 25.6 Å². The van der Waals surface area contributed by atoms with Gasteiger partial charge < -0.3 is 14.8 Å². The quantitative estimate of drug-likeness (QED) is 0.381. The number of aromatic nitrogens is 3. The first-order valence-electron chi connectivity index (χ1n) is 10.2. The van der Waals surface area contributed by atoms with Crippen molar-refractivity contribution >= 4 is 22.9 Å². The summed E-state index contributed by atoms with van der Waals surface area (Å²) < 4.78 is 12.4. The van der Waals surface area contributed by atoms with Crippen molar-refractivity contribution in [2.24, 2.45) is 0 Å². The van der Waals surface area contributed by atoms with Crippen molar-refractivity contribution in [3.05, 3.63) is 76.5 Å². The van der Waals surface area contributed by atoms with Gasteiger partial charge in [0.15, 0.2) is 5.82 Å². The fraction of sp³-hybridized carbons (Fsp3) is 0.208. The van der Waals surface area contributed by atoms with Crippen molar-refractivity contribution in [2.45, 2.75) is 13.3 Å². The second-order valence-corrected chi connectivity index (χ2v) is 8.22. The van der Waals surface area contributed by atoms with Crippen LogP contribution in [0.4, 0.5) is 5.69 Å². The molecule has 4 rings (SSSR count). The number of carbonyl (C=O) groups is 1. The maximum Gasteiger partial charge on any atom is 0.336 e. The van der Waals surface area contributed by atoms with Gasteiger partial charge in [-0.2, -0.15) is 4.98 Å². The minimum absolute atomic E-state index is 0.0462. The number of thiophene rings is 1. The highest BCUT2D eigenvalue weighted by atomic mass is 32.1. The molecule has 164 valence electrons. The monoisotopic (exact) mass is 448 g/mol. The summed E-state index contributed by atoms with van der Waals surface area (Å²) in [6.07, 6.45) is 0.363. The summed E-state index contributed by atoms with van der Waals surface area (Å²) in [5, 5.41) is 9.43. The third-order valence-electron chi connectivity index (χ3n) is 4.73. The van der Waals surface area contributed by atoms with Gasteiger partial charge in [0.1, 0.15) is 6.61 Å². The SMILES string of the molecule is COCCOc1nc(-c2ccc(C)cc2)n(-c2ccc(NC(=O)Cc3cccs3)cc2)n1. The van der Waals surface area contributed by atoms with Crippen LogP contribution in [0.3, 0.4) is 0 Å². The zero-order valence-corrected chi connectivity index (χ0v) is 18.8. The molecule has 0 aliphatic rings. The molecule has 0 fully saturated rings. The van der Waals surface area contributed by atoms with Crippen LogP contribution in [0.25, 0.3) is 17.1 Å². The van der Waals surface area contributed by atoms with Crippen LogP contribution in [0.1, 0.15) is 10.4 Å². The van der Waals surface area contributed by atoms with Crippen molar-refractivity contribution in [3.8, 4) is 23.1 Å². The molecule has 1 amide bonds. The van der Waals surface area contributed by atoms with E-state index in [1.165, 1.54) is 5.56 Å². The van der Waals surface area contributed by atoms with E-state index in [4.69, 9.17) is 9.47 Å². The minimum atomic E-state index is -0.0462. The highest BCUT2D eigenvalue weighted by Gasteiger charge is 2.15. The topological polar surface area (TPSA) is 78.3 Å². The Labute approximate surface area is 190 Å². The molecule has 0 radical (unpaired) electrons. The van der Waals surface area contributed by atoms with E-state index in [0.29, 0.717) is 25.5 Å². The van der Waals surface area contributed by atoms with Gasteiger partial charge in [-0.1, -0.05) is 35.9 Å². The number of benzene rings is 2. The smallest absolute Gasteiger partial charge is 0.336 e. The highest BCUT2D eigenvalue weighted by molar-refractivity contribution is 7.10. The molecule has 2 aromatic carbocycles. The van der Waals surface area contributed by atoms with Crippen LogP contribution < -0.4 is 10.1 Å². The van der Waals surface area contributed by atoms with Crippen molar-refractivity contribution in [3.63, 3.8) is 0 Å². The number of hydrogen-bond acceptors (Lipinski definition) is 6. The number of methoxy groups -OCH3 is 1. The number of amides is 1. The Morgan fingerprint density at radius 1 is 1.06 bits per heavy atom. The number of hydrogen-bond donors (Lipinski definition) is 1. The van der Waals surface area contributed by atoms with E-state index >= 15 is 0 Å². The molecule has 0 saturated carbocycles. The number of aryl methyl sites for hydroxylation is 1. The Balaban J connectivity index is 1.55. The number of carbonyl (C=O) groups excluding carboxylic acids is 1. The first-order chi connectivity index (χ1) is 15.6. The molecule has 0 aliphatic carbocycles. The van der Waals surface area contributed by atoms with E-state index in [-0.39, 0.29) is 11.9 Å². The molecule has 4 aromatic rings. The Bertz CT molecular complexity index is 1150. The molecular formula is C24H24N4O3S. The van der Waals surface area contributed by atoms with E-state index in [1.807, 2.05) is 73.0 Å². The van der Waals surface area contributed by atoms with E-state index in [2.05, 4.69) is 15.4 Å². The van der Waals surface area contributed by atoms with Crippen LogP contribution >= 0.6 is 11.3 Å². The number of rotatable bonds is 9. The van der Waals surface area contributed by atoms with Gasteiger partial charge in [-0.05, 0) is 42.6 Å². The molecule has 2 heterocycles. The Kier molecular flexibility index (Phi) is 6.94. The minimum Gasteiger partial charge on any atom is -0.460 e. The molecule has 1 N–H and O–H groups in total. The largest absolute Gasteiger partial charge is 0.460 e. The third kappa shape index (κ3) is 5.40. The lowest BCUT2D eigenvalue weighted by Crippen LogP contribution is -2.13. The summed E-state index contributed by atoms with van der Waals surface area (Å²) in [6, 6.07) is 19.8. The summed E-state index contributed by atoms with van der Waals surface area (Å²) in [4.78, 5) is 17.9. The predicted molar refractivity (Wildman–Crippen MR) is 126 cm³/mol. The number of anilines is 1. The van der Waals surface area contributed by atoms with E-state index in [1.54, 1.807) is 23.1 Å². The van der Waals surface area contributed by atoms with Crippen LogP contribution in [0.2, 0.25) is 0 Å². The normalized spacial score (nSPS) is 10.8. The van der Waals surface area contributed by atoms with Crippen LogP contribution in [-0.2, 0) is 16.0 Å². The number of nitrogens with zero attached hydrogens (tertiary/aromatic N) is 3. The predicted octanol–water partition coefficient (Wildman–Crippen LogP) is 4.51. The Morgan fingerprint density at radius 3 is 2.53 bits per heavy atom. The molecule has 0 aliphatic heterocycles. The van der Waals surface area contributed by atoms with Crippen LogP contribution in [-0.4, -0.2) is 41.0 Å². The Hall–Kier alpha value is -3.49. The van der Waals surface area contributed by atoms with Crippen molar-refractivity contribution < 1.29 is 14.3 Å². The first kappa shape index (κ1) is 21.7. The lowest BCUT2D eigenvalue weighted by molar-refractivity contribution is -0.115. The fourth-order valence-corrected chi connectivity index (χ4v) is 3.81. The van der Waals surface area contributed by atoms with E-state index in [9.17, 15) is 4.79 Å². The number of ether oxygens (including phenoxy) is 2. The van der Waals surface area contributed by atoms with Gasteiger partial charge >= 0.3 is 6.01 Å². The molecule has 32 heavy (non-hydrogen) atoms. The van der Waals surface area contributed by atoms with E-state index < -0.39 is 0 Å². The summed E-state index contributed by atoms with van der Waals surface area (Å²) in [6.45, 7) is 2.86. The standard InChI is InChI=1S/C24H24N4O3S/c1-17-5-7-18(8-6-17)23-26-24(31-14-13-30-2)27-28(23)20-11-9-19(10-12-20)25-22(29)16-21-4-3-15-32-21/h3-12,15H,13-14,16H2,1-2H3,(H,25,29). The first-order valence-corrected chi connectivity index (χ1v) is 11.1. The molecule has 2 aromatic heterocycles. The lowest BCUT2D eigenvalue weighted by Gasteiger charge is -2.08. The molecular weight excluding hydrogens is 424 g/mol. The average molecular weight is 449 g/mol. The van der Waals surface area contributed by atoms with Crippen LogP contribution in [0.5, 0.6) is 6.01 Å². The molecule has 0 bridgehead atoms. The Morgan fingerprint density at radius 2 is 1.84 bits per heavy atom. The van der Waals surface area contributed by atoms with Crippen molar-refractivity contribution in [1.82, 2.24) is 14.8 Å². The van der Waals surface area contributed by atoms with Gasteiger partial charge in [-0.3, -0.25) is 4.79 Å². The maximum absolute atomic E-state index is 12.3. The molecule has 0 spiro atoms. The lowest BCUT2D eigenvalue weighted by atomic mass is 10.1. The van der Waals surface area contributed by atoms with Gasteiger partial charge in [0.05, 0.1) is 18.7 Å². The number of nitrogens with one attached hydrogen (secondary N) is 1. The van der Waals surface area contributed by atoms with Gasteiger partial charge in [0.2, 0.25) is 5.91 Å². The molecule has 0 saturated heterocycles. The maximum atomic E-state index is 12.3. The molecule has 8 heteroatoms. The zero-order chi connectivity index (χ0) is 22.3. The van der Waals surface area contributed by atoms with Crippen molar-refractivity contribution in [1.29, 1.82) is 0 Å². The van der Waals surface area contributed by atoms with Gasteiger partial charge in [-0.25, -0.2) is 4.68 Å². The summed E-state index contributed by atoms with van der Waals surface area (Å²) in [5.74, 6) is 0.627. The zero-order valence-electron chi connectivity index (χ0n) is 17.9. The van der Waals surface area contributed by atoms with Crippen LogP contribution in [0, 0.1) is 6.92 Å². The molecule has 7 nitrogen and oxygen atoms in total. The fourth-order valence-electron chi connectivity index (χ4n) is 3.10. The summed E-state index contributed by atoms with van der Waals surface area (Å²) >= 11 is 1.57. The molecule has 0 unspecified atom stereocenters. The average Bonchev–Trinajstić information content (AvgIpc) is 3.45. The highest BCUT2D eigenvalue weighted by Crippen LogP contribution is 2.25.